The number of aliphatic hydroxyl groups excluding tert-OH is 1. The molecular formula is C22H32N2O4. The highest BCUT2D eigenvalue weighted by molar-refractivity contribution is 6.07. The maximum Gasteiger partial charge on any atom is 0.325 e. The lowest BCUT2D eigenvalue weighted by Crippen LogP contribution is -2.51. The van der Waals surface area contributed by atoms with Gasteiger partial charge in [0.2, 0.25) is 0 Å². The van der Waals surface area contributed by atoms with Gasteiger partial charge in [0.05, 0.1) is 6.54 Å². The quantitative estimate of drug-likeness (QED) is 0.734. The summed E-state index contributed by atoms with van der Waals surface area (Å²) in [7, 11) is 0. The molecule has 28 heavy (non-hydrogen) atoms. The molecule has 0 radical (unpaired) electrons. The fourth-order valence-corrected chi connectivity index (χ4v) is 4.43. The van der Waals surface area contributed by atoms with Crippen molar-refractivity contribution >= 4 is 11.9 Å². The van der Waals surface area contributed by atoms with Gasteiger partial charge in [0.15, 0.2) is 0 Å². The fourth-order valence-electron chi connectivity index (χ4n) is 4.43. The highest BCUT2D eigenvalue weighted by Gasteiger charge is 2.52. The zero-order valence-electron chi connectivity index (χ0n) is 17.4. The van der Waals surface area contributed by atoms with Crippen LogP contribution in [0.5, 0.6) is 5.75 Å². The van der Waals surface area contributed by atoms with E-state index >= 15 is 0 Å². The van der Waals surface area contributed by atoms with Gasteiger partial charge in [-0.15, -0.1) is 0 Å². The molecule has 0 spiro atoms. The van der Waals surface area contributed by atoms with E-state index in [2.05, 4.69) is 5.32 Å². The van der Waals surface area contributed by atoms with Crippen LogP contribution in [0.3, 0.4) is 0 Å². The van der Waals surface area contributed by atoms with Gasteiger partial charge in [-0.3, -0.25) is 9.69 Å². The van der Waals surface area contributed by atoms with Crippen molar-refractivity contribution in [3.8, 4) is 5.75 Å². The van der Waals surface area contributed by atoms with Crippen LogP contribution in [0, 0.1) is 26.7 Å². The largest absolute Gasteiger partial charge is 0.490 e. The summed E-state index contributed by atoms with van der Waals surface area (Å²) in [5, 5.41) is 13.3. The summed E-state index contributed by atoms with van der Waals surface area (Å²) < 4.78 is 5.84. The fraction of sp³-hybridized carbons (Fsp3) is 0.636. The van der Waals surface area contributed by atoms with Crippen molar-refractivity contribution in [2.75, 3.05) is 13.2 Å². The average molecular weight is 389 g/mol. The van der Waals surface area contributed by atoms with E-state index in [0.717, 1.165) is 53.0 Å². The molecule has 154 valence electrons. The molecule has 0 unspecified atom stereocenters. The molecule has 1 aromatic carbocycles. The minimum Gasteiger partial charge on any atom is -0.490 e. The van der Waals surface area contributed by atoms with Gasteiger partial charge in [-0.05, 0) is 63.1 Å². The third-order valence-corrected chi connectivity index (χ3v) is 6.41. The number of nitrogens with zero attached hydrogens (tertiary/aromatic N) is 1. The number of β-amino-alcohol motifs (C(OH)–C–C–N with tert-alkyl or cyclic N) is 1. The van der Waals surface area contributed by atoms with Crippen LogP contribution in [0.2, 0.25) is 0 Å². The van der Waals surface area contributed by atoms with E-state index in [-0.39, 0.29) is 25.0 Å². The SMILES string of the molecule is Cc1ccc(C)c(OC[C@H](O)CN2C(=O)N[C@](C)(C3CCCCC3)C2=O)c1C. The summed E-state index contributed by atoms with van der Waals surface area (Å²) in [5.41, 5.74) is 2.29. The summed E-state index contributed by atoms with van der Waals surface area (Å²) in [5.74, 6) is 0.684. The molecule has 2 aliphatic rings. The van der Waals surface area contributed by atoms with Gasteiger partial charge < -0.3 is 15.2 Å². The van der Waals surface area contributed by atoms with Crippen molar-refractivity contribution in [3.63, 3.8) is 0 Å². The van der Waals surface area contributed by atoms with Crippen LogP contribution in [0.25, 0.3) is 0 Å². The average Bonchev–Trinajstić information content (AvgIpc) is 2.89. The van der Waals surface area contributed by atoms with Gasteiger partial charge in [0.25, 0.3) is 5.91 Å². The second-order valence-corrected chi connectivity index (χ2v) is 8.50. The summed E-state index contributed by atoms with van der Waals surface area (Å²) in [6.07, 6.45) is 4.33. The molecule has 1 saturated heterocycles. The smallest absolute Gasteiger partial charge is 0.325 e. The lowest BCUT2D eigenvalue weighted by molar-refractivity contribution is -0.134. The van der Waals surface area contributed by atoms with E-state index in [1.807, 2.05) is 39.8 Å². The van der Waals surface area contributed by atoms with Crippen molar-refractivity contribution < 1.29 is 19.4 Å². The van der Waals surface area contributed by atoms with Gasteiger partial charge in [-0.1, -0.05) is 31.4 Å². The maximum absolute atomic E-state index is 13.0. The maximum atomic E-state index is 13.0. The Balaban J connectivity index is 1.62. The lowest BCUT2D eigenvalue weighted by atomic mass is 9.75. The highest BCUT2D eigenvalue weighted by atomic mass is 16.5. The van der Waals surface area contributed by atoms with Gasteiger partial charge >= 0.3 is 6.03 Å². The van der Waals surface area contributed by atoms with E-state index in [0.29, 0.717) is 0 Å². The number of hydrogen-bond acceptors (Lipinski definition) is 4. The molecule has 1 aliphatic carbocycles. The second-order valence-electron chi connectivity index (χ2n) is 8.50. The summed E-state index contributed by atoms with van der Waals surface area (Å²) in [4.78, 5) is 26.6. The number of aryl methyl sites for hydroxylation is 2. The first-order valence-corrected chi connectivity index (χ1v) is 10.3. The molecule has 1 saturated carbocycles. The Morgan fingerprint density at radius 2 is 1.82 bits per heavy atom. The standard InChI is InChI=1S/C22H32N2O4/c1-14-10-11-15(2)19(16(14)3)28-13-18(25)12-24-20(26)22(4,23-21(24)27)17-8-6-5-7-9-17/h10-11,17-18,25H,5-9,12-13H2,1-4H3,(H,23,27)/t18-,22-/m1/s1. The first kappa shape index (κ1) is 20.6. The number of carbonyl (C=O) groups is 2. The normalized spacial score (nSPS) is 24.4. The van der Waals surface area contributed by atoms with Gasteiger partial charge in [-0.25, -0.2) is 4.79 Å². The lowest BCUT2D eigenvalue weighted by Gasteiger charge is -2.34. The molecule has 2 N–H and O–H groups in total. The topological polar surface area (TPSA) is 78.9 Å². The summed E-state index contributed by atoms with van der Waals surface area (Å²) in [6.45, 7) is 7.75. The van der Waals surface area contributed by atoms with Gasteiger partial charge in [0.1, 0.15) is 24.0 Å². The van der Waals surface area contributed by atoms with Crippen LogP contribution < -0.4 is 10.1 Å². The number of amides is 3. The molecule has 1 aliphatic heterocycles. The van der Waals surface area contributed by atoms with Crippen LogP contribution in [0.15, 0.2) is 12.1 Å². The Morgan fingerprint density at radius 1 is 1.18 bits per heavy atom. The Hall–Kier alpha value is -2.08. The van der Waals surface area contributed by atoms with Crippen molar-refractivity contribution in [3.05, 3.63) is 28.8 Å². The van der Waals surface area contributed by atoms with E-state index in [9.17, 15) is 14.7 Å². The molecule has 3 amide bonds. The molecule has 1 aromatic rings. The van der Waals surface area contributed by atoms with Crippen molar-refractivity contribution in [2.45, 2.75) is 71.4 Å². The Bertz CT molecular complexity index is 757. The molecular weight excluding hydrogens is 356 g/mol. The number of ether oxygens (including phenoxy) is 1. The minimum absolute atomic E-state index is 0.0301. The number of carbonyl (C=O) groups excluding carboxylic acids is 2. The predicted octanol–water partition coefficient (Wildman–Crippen LogP) is 3.24. The Labute approximate surface area is 167 Å². The predicted molar refractivity (Wildman–Crippen MR) is 107 cm³/mol. The van der Waals surface area contributed by atoms with Gasteiger partial charge in [-0.2, -0.15) is 0 Å². The van der Waals surface area contributed by atoms with Crippen molar-refractivity contribution in [1.82, 2.24) is 10.2 Å². The second kappa shape index (κ2) is 8.11. The van der Waals surface area contributed by atoms with Crippen molar-refractivity contribution in [1.29, 1.82) is 0 Å². The number of nitrogens with one attached hydrogen (secondary N) is 1. The minimum atomic E-state index is -0.942. The third-order valence-electron chi connectivity index (χ3n) is 6.41. The zero-order chi connectivity index (χ0) is 20.5. The number of benzene rings is 1. The molecule has 2 fully saturated rings. The number of rotatable bonds is 6. The van der Waals surface area contributed by atoms with Crippen LogP contribution in [0.4, 0.5) is 4.79 Å². The molecule has 0 aromatic heterocycles. The Morgan fingerprint density at radius 3 is 2.50 bits per heavy atom. The highest BCUT2D eigenvalue weighted by Crippen LogP contribution is 2.36. The van der Waals surface area contributed by atoms with E-state index < -0.39 is 17.7 Å². The summed E-state index contributed by atoms with van der Waals surface area (Å²) >= 11 is 0. The molecule has 6 nitrogen and oxygen atoms in total. The number of aliphatic hydroxyl groups is 1. The third kappa shape index (κ3) is 3.88. The Kier molecular flexibility index (Phi) is 5.98. The van der Waals surface area contributed by atoms with E-state index in [1.165, 1.54) is 6.42 Å². The first-order chi connectivity index (χ1) is 13.2. The van der Waals surface area contributed by atoms with E-state index in [1.54, 1.807) is 0 Å². The monoisotopic (exact) mass is 388 g/mol. The number of urea groups is 1. The number of imide groups is 1. The molecule has 3 rings (SSSR count). The van der Waals surface area contributed by atoms with Crippen LogP contribution in [0.1, 0.15) is 55.7 Å². The molecule has 1 heterocycles. The van der Waals surface area contributed by atoms with Crippen LogP contribution >= 0.6 is 0 Å². The molecule has 2 atom stereocenters. The number of hydrogen-bond donors (Lipinski definition) is 2. The van der Waals surface area contributed by atoms with Crippen molar-refractivity contribution in [2.24, 2.45) is 5.92 Å². The molecule has 0 bridgehead atoms. The van der Waals surface area contributed by atoms with Crippen LogP contribution in [-0.4, -0.2) is 46.7 Å². The zero-order valence-corrected chi connectivity index (χ0v) is 17.4. The first-order valence-electron chi connectivity index (χ1n) is 10.3. The van der Waals surface area contributed by atoms with E-state index in [4.69, 9.17) is 4.74 Å². The summed E-state index contributed by atoms with van der Waals surface area (Å²) in [6, 6.07) is 3.60. The van der Waals surface area contributed by atoms with Crippen LogP contribution in [-0.2, 0) is 4.79 Å². The van der Waals surface area contributed by atoms with Gasteiger partial charge in [0, 0.05) is 0 Å². The molecule has 6 heteroatoms.